The Morgan fingerprint density at radius 1 is 1.06 bits per heavy atom. The lowest BCUT2D eigenvalue weighted by Gasteiger charge is -2.20. The van der Waals surface area contributed by atoms with Gasteiger partial charge in [0.05, 0.1) is 25.4 Å². The van der Waals surface area contributed by atoms with Gasteiger partial charge in [-0.25, -0.2) is 0 Å². The smallest absolute Gasteiger partial charge is 0.118 e. The number of para-hydroxylation sites is 1. The molecule has 1 rings (SSSR count). The van der Waals surface area contributed by atoms with Crippen LogP contribution in [0.5, 0.6) is 5.75 Å². The minimum Gasteiger partial charge on any atom is -0.508 e. The molecule has 0 spiro atoms. The molecule has 6 N–H and O–H groups in total. The van der Waals surface area contributed by atoms with Gasteiger partial charge in [-0.3, -0.25) is 0 Å². The van der Waals surface area contributed by atoms with Crippen LogP contribution >= 0.6 is 0 Å². The van der Waals surface area contributed by atoms with Crippen molar-refractivity contribution >= 4 is 0 Å². The normalized spacial score (nSPS) is 10.6. The molecule has 0 unspecified atom stereocenters. The van der Waals surface area contributed by atoms with E-state index >= 15 is 0 Å². The van der Waals surface area contributed by atoms with Gasteiger partial charge in [-0.15, -0.1) is 0 Å². The molecule has 5 heteroatoms. The number of benzene rings is 1. The molecular formula is C12H21NO4. The summed E-state index contributed by atoms with van der Waals surface area (Å²) in [5.41, 5.74) is 4.95. The Hall–Kier alpha value is -1.14. The topological polar surface area (TPSA) is 107 Å². The number of phenols is 1. The van der Waals surface area contributed by atoms with Crippen molar-refractivity contribution < 1.29 is 20.4 Å². The van der Waals surface area contributed by atoms with Crippen molar-refractivity contribution in [3.8, 4) is 5.75 Å². The van der Waals surface area contributed by atoms with E-state index in [1.54, 1.807) is 6.07 Å². The first-order valence-corrected chi connectivity index (χ1v) is 5.41. The molecule has 98 valence electrons. The summed E-state index contributed by atoms with van der Waals surface area (Å²) in [6.45, 7) is 0.815. The Morgan fingerprint density at radius 3 is 1.76 bits per heavy atom. The first-order valence-electron chi connectivity index (χ1n) is 5.41. The van der Waals surface area contributed by atoms with Crippen molar-refractivity contribution in [2.45, 2.75) is 18.9 Å². The second-order valence-electron chi connectivity index (χ2n) is 3.82. The number of aliphatic hydroxyl groups is 3. The van der Waals surface area contributed by atoms with E-state index in [2.05, 4.69) is 0 Å². The average Bonchev–Trinajstić information content (AvgIpc) is 2.39. The zero-order valence-electron chi connectivity index (χ0n) is 10.0. The lowest BCUT2D eigenvalue weighted by atomic mass is 10.1. The second kappa shape index (κ2) is 8.03. The fourth-order valence-electron chi connectivity index (χ4n) is 0.960. The van der Waals surface area contributed by atoms with Crippen LogP contribution in [-0.4, -0.2) is 45.8 Å². The molecule has 17 heavy (non-hydrogen) atoms. The van der Waals surface area contributed by atoms with Crippen LogP contribution in [0.2, 0.25) is 0 Å². The Balaban J connectivity index is 0.000000304. The maximum absolute atomic E-state index is 9.11. The van der Waals surface area contributed by atoms with Crippen LogP contribution in [0, 0.1) is 0 Å². The number of hydrogen-bond donors (Lipinski definition) is 5. The largest absolute Gasteiger partial charge is 0.508 e. The maximum Gasteiger partial charge on any atom is 0.118 e. The number of phenolic OH excluding ortho intramolecular Hbond substituents is 1. The van der Waals surface area contributed by atoms with Crippen molar-refractivity contribution in [3.05, 3.63) is 29.8 Å². The van der Waals surface area contributed by atoms with Gasteiger partial charge in [0.25, 0.3) is 0 Å². The quantitative estimate of drug-likeness (QED) is 0.495. The summed E-state index contributed by atoms with van der Waals surface area (Å²) in [6.07, 6.45) is 0.896. The number of aromatic hydroxyl groups is 1. The number of nitrogens with two attached hydrogens (primary N) is 1. The predicted molar refractivity (Wildman–Crippen MR) is 65.7 cm³/mol. The van der Waals surface area contributed by atoms with E-state index < -0.39 is 25.4 Å². The van der Waals surface area contributed by atoms with E-state index in [9.17, 15) is 0 Å². The molecule has 0 saturated heterocycles. The number of hydrogen-bond acceptors (Lipinski definition) is 5. The molecule has 0 aliphatic heterocycles. The summed E-state index contributed by atoms with van der Waals surface area (Å²) < 4.78 is 0. The standard InChI is InChI=1S/C8H10O.C4H11NO3/c1-2-7-5-3-4-6-8(7)9;5-4(1-6,2-7)3-8/h3-6,9H,2H2,1H3;6-8H,1-3,5H2. The molecule has 0 aromatic heterocycles. The molecule has 0 fully saturated rings. The molecule has 0 atom stereocenters. The van der Waals surface area contributed by atoms with Gasteiger partial charge in [-0.1, -0.05) is 25.1 Å². The Labute approximate surface area is 101 Å². The van der Waals surface area contributed by atoms with E-state index in [0.29, 0.717) is 5.75 Å². The first kappa shape index (κ1) is 15.9. The van der Waals surface area contributed by atoms with Crippen molar-refractivity contribution in [2.75, 3.05) is 19.8 Å². The van der Waals surface area contributed by atoms with Crippen molar-refractivity contribution in [2.24, 2.45) is 5.73 Å². The molecule has 0 saturated carbocycles. The summed E-state index contributed by atoms with van der Waals surface area (Å²) in [6, 6.07) is 7.39. The second-order valence-corrected chi connectivity index (χ2v) is 3.82. The molecule has 0 aliphatic rings. The van der Waals surface area contributed by atoms with E-state index in [1.165, 1.54) is 0 Å². The molecule has 1 aromatic rings. The lowest BCUT2D eigenvalue weighted by Crippen LogP contribution is -2.50. The minimum atomic E-state index is -1.21. The van der Waals surface area contributed by atoms with Crippen LogP contribution in [0.1, 0.15) is 12.5 Å². The molecule has 0 bridgehead atoms. The van der Waals surface area contributed by atoms with Crippen LogP contribution in [0.25, 0.3) is 0 Å². The third-order valence-corrected chi connectivity index (χ3v) is 2.32. The highest BCUT2D eigenvalue weighted by Crippen LogP contribution is 2.14. The third kappa shape index (κ3) is 5.65. The average molecular weight is 243 g/mol. The van der Waals surface area contributed by atoms with Gasteiger partial charge in [-0.2, -0.15) is 0 Å². The van der Waals surface area contributed by atoms with Crippen LogP contribution in [0.15, 0.2) is 24.3 Å². The van der Waals surface area contributed by atoms with Gasteiger partial charge in [0.15, 0.2) is 0 Å². The molecule has 0 heterocycles. The minimum absolute atomic E-state index is 0.403. The molecule has 0 amide bonds. The van der Waals surface area contributed by atoms with Crippen molar-refractivity contribution in [1.29, 1.82) is 0 Å². The van der Waals surface area contributed by atoms with Gasteiger partial charge >= 0.3 is 0 Å². The highest BCUT2D eigenvalue weighted by molar-refractivity contribution is 5.31. The number of aliphatic hydroxyl groups excluding tert-OH is 3. The maximum atomic E-state index is 9.11. The number of rotatable bonds is 4. The van der Waals surface area contributed by atoms with Gasteiger partial charge in [0.2, 0.25) is 0 Å². The molecule has 0 radical (unpaired) electrons. The van der Waals surface area contributed by atoms with Gasteiger partial charge < -0.3 is 26.2 Å². The fraction of sp³-hybridized carbons (Fsp3) is 0.500. The lowest BCUT2D eigenvalue weighted by molar-refractivity contribution is 0.0698. The van der Waals surface area contributed by atoms with Crippen LogP contribution < -0.4 is 5.73 Å². The predicted octanol–water partition coefficient (Wildman–Crippen LogP) is -0.385. The highest BCUT2D eigenvalue weighted by atomic mass is 16.3. The van der Waals surface area contributed by atoms with Crippen LogP contribution in [-0.2, 0) is 6.42 Å². The summed E-state index contributed by atoms with van der Waals surface area (Å²) >= 11 is 0. The SMILES string of the molecule is CCc1ccccc1O.NC(CO)(CO)CO. The Bertz CT molecular complexity index is 305. The summed E-state index contributed by atoms with van der Waals surface area (Å²) in [4.78, 5) is 0. The fourth-order valence-corrected chi connectivity index (χ4v) is 0.960. The number of aryl methyl sites for hydroxylation is 1. The van der Waals surface area contributed by atoms with Crippen LogP contribution in [0.4, 0.5) is 0 Å². The summed E-state index contributed by atoms with van der Waals surface area (Å²) in [5.74, 6) is 0.403. The van der Waals surface area contributed by atoms with Gasteiger partial charge in [-0.05, 0) is 18.1 Å². The summed E-state index contributed by atoms with van der Waals surface area (Å²) in [7, 11) is 0. The Kier molecular flexibility index (Phi) is 7.49. The molecule has 5 nitrogen and oxygen atoms in total. The molecule has 0 aliphatic carbocycles. The van der Waals surface area contributed by atoms with Crippen molar-refractivity contribution in [1.82, 2.24) is 0 Å². The van der Waals surface area contributed by atoms with E-state index in [0.717, 1.165) is 12.0 Å². The zero-order chi connectivity index (χ0) is 13.3. The summed E-state index contributed by atoms with van der Waals surface area (Å²) in [5, 5.41) is 34.1. The van der Waals surface area contributed by atoms with E-state index in [4.69, 9.17) is 26.2 Å². The van der Waals surface area contributed by atoms with Crippen molar-refractivity contribution in [3.63, 3.8) is 0 Å². The van der Waals surface area contributed by atoms with E-state index in [-0.39, 0.29) is 0 Å². The highest BCUT2D eigenvalue weighted by Gasteiger charge is 2.20. The molecular weight excluding hydrogens is 222 g/mol. The van der Waals surface area contributed by atoms with E-state index in [1.807, 2.05) is 25.1 Å². The van der Waals surface area contributed by atoms with Crippen LogP contribution in [0.3, 0.4) is 0 Å². The molecule has 1 aromatic carbocycles. The monoisotopic (exact) mass is 243 g/mol. The van der Waals surface area contributed by atoms with Gasteiger partial charge in [0.1, 0.15) is 5.75 Å². The first-order chi connectivity index (χ1) is 8.02. The zero-order valence-corrected chi connectivity index (χ0v) is 10.0. The third-order valence-electron chi connectivity index (χ3n) is 2.32. The van der Waals surface area contributed by atoms with Gasteiger partial charge in [0, 0.05) is 0 Å². The Morgan fingerprint density at radius 2 is 1.53 bits per heavy atom.